The summed E-state index contributed by atoms with van der Waals surface area (Å²) in [5.74, 6) is -0.172. The van der Waals surface area contributed by atoms with Crippen molar-refractivity contribution in [2.24, 2.45) is 0 Å². The molecule has 4 nitrogen and oxygen atoms in total. The molecular formula is C18H14Cl2N2O2. The van der Waals surface area contributed by atoms with Gasteiger partial charge in [0.25, 0.3) is 5.56 Å². The van der Waals surface area contributed by atoms with Crippen molar-refractivity contribution in [3.05, 3.63) is 74.0 Å². The third-order valence-electron chi connectivity index (χ3n) is 3.61. The molecule has 1 amide bonds. The highest BCUT2D eigenvalue weighted by Crippen LogP contribution is 2.22. The largest absolute Gasteiger partial charge is 0.326 e. The number of amides is 1. The number of benzene rings is 2. The Bertz CT molecular complexity index is 976. The van der Waals surface area contributed by atoms with Crippen molar-refractivity contribution in [1.82, 2.24) is 4.98 Å². The van der Waals surface area contributed by atoms with E-state index >= 15 is 0 Å². The van der Waals surface area contributed by atoms with E-state index in [1.807, 2.05) is 18.2 Å². The zero-order valence-corrected chi connectivity index (χ0v) is 14.3. The first-order chi connectivity index (χ1) is 11.4. The molecule has 0 saturated carbocycles. The van der Waals surface area contributed by atoms with Crippen molar-refractivity contribution in [1.29, 1.82) is 0 Å². The molecule has 0 saturated heterocycles. The number of aryl methyl sites for hydroxylation is 1. The lowest BCUT2D eigenvalue weighted by Crippen LogP contribution is -2.14. The fourth-order valence-electron chi connectivity index (χ4n) is 2.49. The number of nitrogens with one attached hydrogen (secondary N) is 2. The van der Waals surface area contributed by atoms with Gasteiger partial charge in [0.2, 0.25) is 5.91 Å². The van der Waals surface area contributed by atoms with E-state index < -0.39 is 0 Å². The highest BCUT2D eigenvalue weighted by atomic mass is 35.5. The molecule has 2 N–H and O–H groups in total. The number of hydrogen-bond donors (Lipinski definition) is 2. The summed E-state index contributed by atoms with van der Waals surface area (Å²) in [4.78, 5) is 26.6. The first kappa shape index (κ1) is 16.6. The van der Waals surface area contributed by atoms with Crippen molar-refractivity contribution in [3.63, 3.8) is 0 Å². The summed E-state index contributed by atoms with van der Waals surface area (Å²) in [6.07, 6.45) is 0.207. The van der Waals surface area contributed by atoms with Gasteiger partial charge >= 0.3 is 0 Å². The first-order valence-corrected chi connectivity index (χ1v) is 8.05. The fourth-order valence-corrected chi connectivity index (χ4v) is 3.02. The van der Waals surface area contributed by atoms with Gasteiger partial charge in [-0.2, -0.15) is 0 Å². The fraction of sp³-hybridized carbons (Fsp3) is 0.111. The second-order valence-corrected chi connectivity index (χ2v) is 6.46. The van der Waals surface area contributed by atoms with Crippen LogP contribution in [-0.2, 0) is 11.2 Å². The van der Waals surface area contributed by atoms with Gasteiger partial charge in [-0.15, -0.1) is 0 Å². The minimum atomic E-state index is -0.172. The van der Waals surface area contributed by atoms with Crippen molar-refractivity contribution in [2.45, 2.75) is 13.3 Å². The lowest BCUT2D eigenvalue weighted by molar-refractivity contribution is -0.115. The lowest BCUT2D eigenvalue weighted by atomic mass is 10.1. The maximum Gasteiger partial charge on any atom is 0.251 e. The highest BCUT2D eigenvalue weighted by Gasteiger charge is 2.07. The Morgan fingerprint density at radius 2 is 1.79 bits per heavy atom. The molecule has 6 heteroatoms. The molecule has 122 valence electrons. The molecular weight excluding hydrogens is 347 g/mol. The number of H-pyrrole nitrogens is 1. The van der Waals surface area contributed by atoms with Gasteiger partial charge in [-0.3, -0.25) is 9.59 Å². The number of hydrogen-bond acceptors (Lipinski definition) is 2. The molecule has 0 bridgehead atoms. The lowest BCUT2D eigenvalue weighted by Gasteiger charge is -2.07. The Balaban J connectivity index is 1.80. The van der Waals surface area contributed by atoms with Crippen LogP contribution >= 0.6 is 23.2 Å². The minimum Gasteiger partial charge on any atom is -0.326 e. The van der Waals surface area contributed by atoms with E-state index in [0.717, 1.165) is 16.5 Å². The van der Waals surface area contributed by atoms with Crippen LogP contribution in [0.3, 0.4) is 0 Å². The molecule has 0 aliphatic heterocycles. The number of aromatic amines is 1. The number of anilines is 1. The van der Waals surface area contributed by atoms with Gasteiger partial charge in [0.15, 0.2) is 0 Å². The number of halogens is 2. The van der Waals surface area contributed by atoms with Gasteiger partial charge in [-0.25, -0.2) is 0 Å². The van der Waals surface area contributed by atoms with Crippen LogP contribution in [0.15, 0.2) is 47.3 Å². The third-order valence-corrected chi connectivity index (χ3v) is 4.04. The molecule has 3 rings (SSSR count). The predicted octanol–water partition coefficient (Wildman–Crippen LogP) is 4.32. The van der Waals surface area contributed by atoms with Crippen LogP contribution in [0.4, 0.5) is 5.69 Å². The maximum absolute atomic E-state index is 12.2. The van der Waals surface area contributed by atoms with Crippen LogP contribution < -0.4 is 10.9 Å². The molecule has 0 spiro atoms. The minimum absolute atomic E-state index is 0.106. The Kier molecular flexibility index (Phi) is 4.60. The second kappa shape index (κ2) is 6.67. The molecule has 0 fully saturated rings. The molecule has 0 radical (unpaired) electrons. The molecule has 1 heterocycles. The third kappa shape index (κ3) is 3.78. The first-order valence-electron chi connectivity index (χ1n) is 7.29. The summed E-state index contributed by atoms with van der Waals surface area (Å²) in [7, 11) is 0. The average molecular weight is 361 g/mol. The number of pyridine rings is 1. The normalized spacial score (nSPS) is 10.8. The van der Waals surface area contributed by atoms with Crippen LogP contribution in [0.5, 0.6) is 0 Å². The zero-order chi connectivity index (χ0) is 17.3. The van der Waals surface area contributed by atoms with E-state index in [-0.39, 0.29) is 17.9 Å². The standard InChI is InChI=1S/C18H14Cl2N2O2/c1-10-4-12-5-11(2-3-16(12)22-18(10)24)6-17(23)21-15-8-13(19)7-14(20)9-15/h2-5,7-9H,6H2,1H3,(H,21,23)(H,22,24). The van der Waals surface area contributed by atoms with Crippen LogP contribution in [0.1, 0.15) is 11.1 Å². The van der Waals surface area contributed by atoms with Crippen LogP contribution in [0.25, 0.3) is 10.9 Å². The van der Waals surface area contributed by atoms with E-state index in [1.54, 1.807) is 31.2 Å². The number of aromatic nitrogens is 1. The van der Waals surface area contributed by atoms with Crippen molar-refractivity contribution in [3.8, 4) is 0 Å². The van der Waals surface area contributed by atoms with E-state index in [0.29, 0.717) is 21.3 Å². The summed E-state index contributed by atoms with van der Waals surface area (Å²) in [6.45, 7) is 1.75. The van der Waals surface area contributed by atoms with E-state index in [4.69, 9.17) is 23.2 Å². The SMILES string of the molecule is Cc1cc2cc(CC(=O)Nc3cc(Cl)cc(Cl)c3)ccc2[nH]c1=O. The van der Waals surface area contributed by atoms with Gasteiger partial charge in [-0.05, 0) is 54.3 Å². The Labute approximate surface area is 148 Å². The van der Waals surface area contributed by atoms with Crippen LogP contribution in [0.2, 0.25) is 10.0 Å². The average Bonchev–Trinajstić information content (AvgIpc) is 2.47. The summed E-state index contributed by atoms with van der Waals surface area (Å²) in [5, 5.41) is 4.59. The molecule has 0 aliphatic rings. The summed E-state index contributed by atoms with van der Waals surface area (Å²) in [5.41, 5.74) is 2.68. The summed E-state index contributed by atoms with van der Waals surface area (Å²) in [6, 6.07) is 12.2. The van der Waals surface area contributed by atoms with Gasteiger partial charge < -0.3 is 10.3 Å². The predicted molar refractivity (Wildman–Crippen MR) is 98.1 cm³/mol. The molecule has 0 unspecified atom stereocenters. The van der Waals surface area contributed by atoms with Crippen LogP contribution in [-0.4, -0.2) is 10.9 Å². The highest BCUT2D eigenvalue weighted by molar-refractivity contribution is 6.35. The molecule has 2 aromatic carbocycles. The number of rotatable bonds is 3. The number of carbonyl (C=O) groups is 1. The molecule has 24 heavy (non-hydrogen) atoms. The molecule has 0 aliphatic carbocycles. The zero-order valence-electron chi connectivity index (χ0n) is 12.8. The van der Waals surface area contributed by atoms with Gasteiger partial charge in [0.05, 0.1) is 6.42 Å². The van der Waals surface area contributed by atoms with E-state index in [2.05, 4.69) is 10.3 Å². The smallest absolute Gasteiger partial charge is 0.251 e. The van der Waals surface area contributed by atoms with E-state index in [1.165, 1.54) is 0 Å². The summed E-state index contributed by atoms with van der Waals surface area (Å²) >= 11 is 11.8. The Hall–Kier alpha value is -2.30. The molecule has 3 aromatic rings. The van der Waals surface area contributed by atoms with E-state index in [9.17, 15) is 9.59 Å². The van der Waals surface area contributed by atoms with Crippen molar-refractivity contribution < 1.29 is 4.79 Å². The monoisotopic (exact) mass is 360 g/mol. The molecule has 1 aromatic heterocycles. The topological polar surface area (TPSA) is 62.0 Å². The van der Waals surface area contributed by atoms with Gasteiger partial charge in [-0.1, -0.05) is 29.3 Å². The number of carbonyl (C=O) groups excluding carboxylic acids is 1. The molecule has 0 atom stereocenters. The number of fused-ring (bicyclic) bond motifs is 1. The second-order valence-electron chi connectivity index (χ2n) is 5.59. The van der Waals surface area contributed by atoms with Crippen LogP contribution in [0, 0.1) is 6.92 Å². The maximum atomic E-state index is 12.2. The van der Waals surface area contributed by atoms with Crippen molar-refractivity contribution in [2.75, 3.05) is 5.32 Å². The summed E-state index contributed by atoms with van der Waals surface area (Å²) < 4.78 is 0. The van der Waals surface area contributed by atoms with Gasteiger partial charge in [0, 0.05) is 26.8 Å². The Morgan fingerprint density at radius 3 is 2.50 bits per heavy atom. The Morgan fingerprint density at radius 1 is 1.08 bits per heavy atom. The quantitative estimate of drug-likeness (QED) is 0.730. The van der Waals surface area contributed by atoms with Gasteiger partial charge in [0.1, 0.15) is 0 Å². The van der Waals surface area contributed by atoms with Crippen molar-refractivity contribution >= 4 is 45.7 Å².